The highest BCUT2D eigenvalue weighted by Gasteiger charge is 2.18. The topological polar surface area (TPSA) is 126 Å². The summed E-state index contributed by atoms with van der Waals surface area (Å²) in [5.74, 6) is -0.539. The Morgan fingerprint density at radius 2 is 1.74 bits per heavy atom. The Hall–Kier alpha value is -3.03. The van der Waals surface area contributed by atoms with Crippen molar-refractivity contribution in [2.24, 2.45) is 5.73 Å². The van der Waals surface area contributed by atoms with Gasteiger partial charge < -0.3 is 5.73 Å². The molecule has 0 aliphatic heterocycles. The number of carbonyl (C=O) groups is 1. The van der Waals surface area contributed by atoms with Gasteiger partial charge in [0.2, 0.25) is 5.91 Å². The van der Waals surface area contributed by atoms with E-state index in [9.17, 15) is 4.79 Å². The van der Waals surface area contributed by atoms with E-state index in [1.165, 1.54) is 6.20 Å². The molecule has 0 aliphatic carbocycles. The Balaban J connectivity index is 2.31. The van der Waals surface area contributed by atoms with Crippen molar-refractivity contribution >= 4 is 5.91 Å². The average molecular weight is 255 g/mol. The summed E-state index contributed by atoms with van der Waals surface area (Å²) in [6, 6.07) is 5.18. The molecule has 1 aromatic carbocycles. The summed E-state index contributed by atoms with van der Waals surface area (Å²) in [7, 11) is 0. The summed E-state index contributed by atoms with van der Waals surface area (Å²) in [5, 5.41) is 20.6. The first kappa shape index (κ1) is 11.1. The highest BCUT2D eigenvalue weighted by Crippen LogP contribution is 2.31. The first-order valence-corrected chi connectivity index (χ1v) is 5.42. The molecule has 4 N–H and O–H groups in total. The van der Waals surface area contributed by atoms with Crippen molar-refractivity contribution in [3.63, 3.8) is 0 Å². The highest BCUT2D eigenvalue weighted by atomic mass is 16.1. The molecule has 2 heterocycles. The van der Waals surface area contributed by atoms with Crippen LogP contribution < -0.4 is 5.73 Å². The van der Waals surface area contributed by atoms with Crippen LogP contribution in [0.4, 0.5) is 0 Å². The number of H-pyrrole nitrogens is 2. The third kappa shape index (κ3) is 1.84. The fourth-order valence-corrected chi connectivity index (χ4v) is 1.90. The molecule has 8 heteroatoms. The molecule has 0 spiro atoms. The van der Waals surface area contributed by atoms with Crippen molar-refractivity contribution in [3.8, 4) is 22.5 Å². The summed E-state index contributed by atoms with van der Waals surface area (Å²) >= 11 is 0. The number of nitrogens with two attached hydrogens (primary N) is 1. The molecule has 2 aromatic heterocycles. The third-order valence-electron chi connectivity index (χ3n) is 2.69. The lowest BCUT2D eigenvalue weighted by molar-refractivity contribution is 0.100. The minimum absolute atomic E-state index is 0.356. The Labute approximate surface area is 107 Å². The first-order chi connectivity index (χ1) is 9.27. The van der Waals surface area contributed by atoms with E-state index < -0.39 is 5.91 Å². The second kappa shape index (κ2) is 4.33. The average Bonchev–Trinajstić information content (AvgIpc) is 3.11. The van der Waals surface area contributed by atoms with Crippen LogP contribution in [0.25, 0.3) is 22.5 Å². The number of carbonyl (C=O) groups excluding carboxylic acids is 1. The van der Waals surface area contributed by atoms with Crippen molar-refractivity contribution in [1.29, 1.82) is 0 Å². The lowest BCUT2D eigenvalue weighted by atomic mass is 9.96. The van der Waals surface area contributed by atoms with Crippen molar-refractivity contribution in [1.82, 2.24) is 30.8 Å². The van der Waals surface area contributed by atoms with Gasteiger partial charge in [-0.2, -0.15) is 30.8 Å². The van der Waals surface area contributed by atoms with E-state index in [0.29, 0.717) is 28.1 Å². The number of aromatic amines is 2. The van der Waals surface area contributed by atoms with Gasteiger partial charge >= 0.3 is 0 Å². The molecular formula is C11H9N7O. The number of nitrogens with zero attached hydrogens (tertiary/aromatic N) is 4. The molecule has 0 unspecified atom stereocenters. The third-order valence-corrected chi connectivity index (χ3v) is 2.69. The van der Waals surface area contributed by atoms with Gasteiger partial charge in [-0.05, 0) is 6.07 Å². The van der Waals surface area contributed by atoms with Gasteiger partial charge in [-0.25, -0.2) is 0 Å². The fraction of sp³-hybridized carbons (Fsp3) is 0. The van der Waals surface area contributed by atoms with Crippen LogP contribution in [0.2, 0.25) is 0 Å². The van der Waals surface area contributed by atoms with Crippen LogP contribution in [-0.2, 0) is 0 Å². The van der Waals surface area contributed by atoms with Crippen molar-refractivity contribution < 1.29 is 4.79 Å². The lowest BCUT2D eigenvalue weighted by Crippen LogP contribution is -2.13. The van der Waals surface area contributed by atoms with Crippen molar-refractivity contribution in [3.05, 3.63) is 36.2 Å². The second-order valence-corrected chi connectivity index (χ2v) is 3.80. The monoisotopic (exact) mass is 255 g/mol. The molecule has 0 aliphatic rings. The SMILES string of the molecule is NC(=O)c1cccc(-c2cn[nH]n2)c1-c1cn[nH]n1. The van der Waals surface area contributed by atoms with Gasteiger partial charge in [-0.15, -0.1) is 0 Å². The summed E-state index contributed by atoms with van der Waals surface area (Å²) in [4.78, 5) is 11.6. The summed E-state index contributed by atoms with van der Waals surface area (Å²) in [5.41, 5.74) is 8.17. The van der Waals surface area contributed by atoms with Crippen LogP contribution in [0, 0.1) is 0 Å². The number of primary amides is 1. The number of benzene rings is 1. The van der Waals surface area contributed by atoms with Gasteiger partial charge in [0.05, 0.1) is 12.4 Å². The van der Waals surface area contributed by atoms with Crippen LogP contribution in [0.15, 0.2) is 30.6 Å². The number of rotatable bonds is 3. The van der Waals surface area contributed by atoms with Crippen LogP contribution in [0.3, 0.4) is 0 Å². The molecule has 8 nitrogen and oxygen atoms in total. The van der Waals surface area contributed by atoms with Crippen LogP contribution in [0.5, 0.6) is 0 Å². The molecule has 0 bridgehead atoms. The second-order valence-electron chi connectivity index (χ2n) is 3.80. The summed E-state index contributed by atoms with van der Waals surface area (Å²) < 4.78 is 0. The number of hydrogen-bond donors (Lipinski definition) is 3. The van der Waals surface area contributed by atoms with Gasteiger partial charge in [-0.3, -0.25) is 4.79 Å². The van der Waals surface area contributed by atoms with Gasteiger partial charge in [0.25, 0.3) is 0 Å². The predicted molar refractivity (Wildman–Crippen MR) is 65.7 cm³/mol. The molecule has 3 rings (SSSR count). The largest absolute Gasteiger partial charge is 0.366 e. The number of amides is 1. The van der Waals surface area contributed by atoms with E-state index in [1.807, 2.05) is 6.07 Å². The van der Waals surface area contributed by atoms with E-state index in [0.717, 1.165) is 0 Å². The Kier molecular flexibility index (Phi) is 2.53. The zero-order valence-corrected chi connectivity index (χ0v) is 9.66. The zero-order valence-electron chi connectivity index (χ0n) is 9.66. The van der Waals surface area contributed by atoms with E-state index >= 15 is 0 Å². The molecule has 0 fully saturated rings. The highest BCUT2D eigenvalue weighted by molar-refractivity contribution is 6.03. The van der Waals surface area contributed by atoms with E-state index in [1.54, 1.807) is 18.3 Å². The van der Waals surface area contributed by atoms with Gasteiger partial charge in [0, 0.05) is 16.7 Å². The van der Waals surface area contributed by atoms with Gasteiger partial charge in [0.1, 0.15) is 11.4 Å². The maximum absolute atomic E-state index is 11.6. The van der Waals surface area contributed by atoms with Crippen LogP contribution >= 0.6 is 0 Å². The maximum Gasteiger partial charge on any atom is 0.249 e. The number of aromatic nitrogens is 6. The molecule has 94 valence electrons. The predicted octanol–water partition coefficient (Wildman–Crippen LogP) is 0.356. The van der Waals surface area contributed by atoms with E-state index in [4.69, 9.17) is 5.73 Å². The van der Waals surface area contributed by atoms with Crippen LogP contribution in [-0.4, -0.2) is 36.7 Å². The zero-order chi connectivity index (χ0) is 13.2. The van der Waals surface area contributed by atoms with Crippen LogP contribution in [0.1, 0.15) is 10.4 Å². The minimum Gasteiger partial charge on any atom is -0.366 e. The molecule has 0 radical (unpaired) electrons. The molecule has 19 heavy (non-hydrogen) atoms. The Morgan fingerprint density at radius 3 is 2.32 bits per heavy atom. The molecule has 0 saturated carbocycles. The standard InChI is InChI=1S/C11H9N7O/c12-11(19)7-3-1-2-6(8-4-13-17-15-8)10(7)9-5-14-18-16-9/h1-5H,(H2,12,19)(H,13,15,17)(H,14,16,18). The lowest BCUT2D eigenvalue weighted by Gasteiger charge is -2.08. The van der Waals surface area contributed by atoms with E-state index in [2.05, 4.69) is 30.8 Å². The van der Waals surface area contributed by atoms with Crippen molar-refractivity contribution in [2.45, 2.75) is 0 Å². The summed E-state index contributed by atoms with van der Waals surface area (Å²) in [6.07, 6.45) is 3.08. The van der Waals surface area contributed by atoms with Crippen molar-refractivity contribution in [2.75, 3.05) is 0 Å². The van der Waals surface area contributed by atoms with E-state index in [-0.39, 0.29) is 0 Å². The van der Waals surface area contributed by atoms with Gasteiger partial charge in [0.15, 0.2) is 0 Å². The minimum atomic E-state index is -0.539. The smallest absolute Gasteiger partial charge is 0.249 e. The Bertz CT molecular complexity index is 703. The molecule has 0 saturated heterocycles. The normalized spacial score (nSPS) is 10.5. The fourth-order valence-electron chi connectivity index (χ4n) is 1.90. The molecule has 0 atom stereocenters. The number of hydrogen-bond acceptors (Lipinski definition) is 5. The molecule has 3 aromatic rings. The molecular weight excluding hydrogens is 246 g/mol. The molecule has 1 amide bonds. The summed E-state index contributed by atoms with van der Waals surface area (Å²) in [6.45, 7) is 0. The quantitative estimate of drug-likeness (QED) is 0.622. The van der Waals surface area contributed by atoms with Gasteiger partial charge in [-0.1, -0.05) is 12.1 Å². The first-order valence-electron chi connectivity index (χ1n) is 5.42. The number of nitrogens with one attached hydrogen (secondary N) is 2. The maximum atomic E-state index is 11.6. The Morgan fingerprint density at radius 1 is 1.05 bits per heavy atom.